The van der Waals surface area contributed by atoms with E-state index in [0.717, 1.165) is 11.1 Å². The van der Waals surface area contributed by atoms with Crippen molar-refractivity contribution in [2.45, 2.75) is 33.8 Å². The van der Waals surface area contributed by atoms with Gasteiger partial charge in [-0.05, 0) is 51.5 Å². The zero-order valence-corrected chi connectivity index (χ0v) is 13.3. The van der Waals surface area contributed by atoms with Crippen molar-refractivity contribution in [1.29, 1.82) is 0 Å². The van der Waals surface area contributed by atoms with Crippen LogP contribution in [0.1, 0.15) is 26.3 Å². The minimum Gasteiger partial charge on any atom is -0.481 e. The highest BCUT2D eigenvalue weighted by Crippen LogP contribution is 2.22. The second kappa shape index (κ2) is 7.34. The highest BCUT2D eigenvalue weighted by atomic mass is 35.5. The molecule has 0 spiro atoms. The van der Waals surface area contributed by atoms with E-state index in [4.69, 9.17) is 16.3 Å². The standard InChI is InChI=1S/C16H22ClNO2/c1-6-18(10-11(2)3)16(19)13(5)20-14-7-8-15(17)12(4)9-14/h7-9,13H,2,6,10H2,1,3-5H3. The van der Waals surface area contributed by atoms with Gasteiger partial charge in [0.05, 0.1) is 0 Å². The lowest BCUT2D eigenvalue weighted by molar-refractivity contribution is -0.137. The Kier molecular flexibility index (Phi) is 6.08. The van der Waals surface area contributed by atoms with Crippen LogP contribution in [0.2, 0.25) is 5.02 Å². The molecule has 20 heavy (non-hydrogen) atoms. The van der Waals surface area contributed by atoms with E-state index >= 15 is 0 Å². The number of rotatable bonds is 6. The van der Waals surface area contributed by atoms with Crippen molar-refractivity contribution >= 4 is 17.5 Å². The second-order valence-electron chi connectivity index (χ2n) is 4.98. The summed E-state index contributed by atoms with van der Waals surface area (Å²) in [6.45, 7) is 12.5. The predicted octanol–water partition coefficient (Wildman–Crippen LogP) is 3.84. The molecule has 0 aliphatic rings. The lowest BCUT2D eigenvalue weighted by Crippen LogP contribution is -2.41. The van der Waals surface area contributed by atoms with Gasteiger partial charge in [0.15, 0.2) is 6.10 Å². The highest BCUT2D eigenvalue weighted by molar-refractivity contribution is 6.31. The van der Waals surface area contributed by atoms with E-state index in [9.17, 15) is 4.79 Å². The van der Waals surface area contributed by atoms with Crippen molar-refractivity contribution in [2.24, 2.45) is 0 Å². The Hall–Kier alpha value is -1.48. The van der Waals surface area contributed by atoms with Crippen LogP contribution in [0.4, 0.5) is 0 Å². The number of aryl methyl sites for hydroxylation is 1. The number of carbonyl (C=O) groups excluding carboxylic acids is 1. The van der Waals surface area contributed by atoms with Crippen molar-refractivity contribution in [3.05, 3.63) is 40.9 Å². The molecule has 1 unspecified atom stereocenters. The van der Waals surface area contributed by atoms with E-state index in [-0.39, 0.29) is 5.91 Å². The van der Waals surface area contributed by atoms with Crippen LogP contribution in [-0.2, 0) is 4.79 Å². The first-order valence-electron chi connectivity index (χ1n) is 6.71. The smallest absolute Gasteiger partial charge is 0.263 e. The first-order valence-corrected chi connectivity index (χ1v) is 7.09. The van der Waals surface area contributed by atoms with Gasteiger partial charge in [-0.25, -0.2) is 0 Å². The molecule has 0 saturated heterocycles. The molecule has 0 heterocycles. The molecule has 1 atom stereocenters. The molecule has 0 bridgehead atoms. The van der Waals surface area contributed by atoms with E-state index in [1.807, 2.05) is 26.8 Å². The summed E-state index contributed by atoms with van der Waals surface area (Å²) in [5.41, 5.74) is 1.88. The van der Waals surface area contributed by atoms with Crippen molar-refractivity contribution in [3.63, 3.8) is 0 Å². The minimum atomic E-state index is -0.533. The molecular weight excluding hydrogens is 274 g/mol. The summed E-state index contributed by atoms with van der Waals surface area (Å²) >= 11 is 5.97. The number of likely N-dealkylation sites (N-methyl/N-ethyl adjacent to an activating group) is 1. The van der Waals surface area contributed by atoms with Crippen LogP contribution in [0.25, 0.3) is 0 Å². The van der Waals surface area contributed by atoms with E-state index in [0.29, 0.717) is 23.9 Å². The topological polar surface area (TPSA) is 29.5 Å². The van der Waals surface area contributed by atoms with Gasteiger partial charge in [0, 0.05) is 18.1 Å². The molecule has 4 heteroatoms. The van der Waals surface area contributed by atoms with Crippen LogP contribution in [0.15, 0.2) is 30.4 Å². The molecule has 0 N–H and O–H groups in total. The van der Waals surface area contributed by atoms with Gasteiger partial charge in [-0.2, -0.15) is 0 Å². The summed E-state index contributed by atoms with van der Waals surface area (Å²) in [5.74, 6) is 0.613. The number of hydrogen-bond donors (Lipinski definition) is 0. The molecule has 0 fully saturated rings. The van der Waals surface area contributed by atoms with Gasteiger partial charge in [-0.3, -0.25) is 4.79 Å². The molecule has 1 amide bonds. The number of ether oxygens (including phenoxy) is 1. The molecule has 1 aromatic rings. The number of hydrogen-bond acceptors (Lipinski definition) is 2. The quantitative estimate of drug-likeness (QED) is 0.746. The maximum absolute atomic E-state index is 12.3. The third kappa shape index (κ3) is 4.57. The number of carbonyl (C=O) groups is 1. The second-order valence-corrected chi connectivity index (χ2v) is 5.39. The largest absolute Gasteiger partial charge is 0.481 e. The van der Waals surface area contributed by atoms with Crippen LogP contribution in [-0.4, -0.2) is 30.0 Å². The molecule has 0 saturated carbocycles. The zero-order valence-electron chi connectivity index (χ0n) is 12.6. The molecule has 0 aliphatic carbocycles. The third-order valence-electron chi connectivity index (χ3n) is 2.94. The Bertz CT molecular complexity index is 499. The zero-order chi connectivity index (χ0) is 15.3. The minimum absolute atomic E-state index is 0.0388. The Labute approximate surface area is 126 Å². The summed E-state index contributed by atoms with van der Waals surface area (Å²) in [5, 5.41) is 0.689. The van der Waals surface area contributed by atoms with Crippen LogP contribution >= 0.6 is 11.6 Å². The lowest BCUT2D eigenvalue weighted by atomic mass is 10.2. The summed E-state index contributed by atoms with van der Waals surface area (Å²) in [6.07, 6.45) is -0.533. The molecule has 0 aliphatic heterocycles. The van der Waals surface area contributed by atoms with Crippen molar-refractivity contribution in [2.75, 3.05) is 13.1 Å². The van der Waals surface area contributed by atoms with Gasteiger partial charge in [0.2, 0.25) is 0 Å². The van der Waals surface area contributed by atoms with E-state index in [1.54, 1.807) is 24.0 Å². The molecule has 1 rings (SSSR count). The van der Waals surface area contributed by atoms with Crippen LogP contribution in [0.3, 0.4) is 0 Å². The van der Waals surface area contributed by atoms with Crippen LogP contribution in [0, 0.1) is 6.92 Å². The molecule has 110 valence electrons. The fourth-order valence-electron chi connectivity index (χ4n) is 1.87. The van der Waals surface area contributed by atoms with Gasteiger partial charge in [0.25, 0.3) is 5.91 Å². The summed E-state index contributed by atoms with van der Waals surface area (Å²) in [4.78, 5) is 14.0. The Morgan fingerprint density at radius 3 is 2.65 bits per heavy atom. The summed E-state index contributed by atoms with van der Waals surface area (Å²) in [6, 6.07) is 5.38. The number of amides is 1. The maximum Gasteiger partial charge on any atom is 0.263 e. The Balaban J connectivity index is 2.73. The summed E-state index contributed by atoms with van der Waals surface area (Å²) < 4.78 is 5.70. The van der Waals surface area contributed by atoms with Crippen molar-refractivity contribution in [3.8, 4) is 5.75 Å². The molecular formula is C16H22ClNO2. The first kappa shape index (κ1) is 16.6. The average Bonchev–Trinajstić information content (AvgIpc) is 2.39. The Morgan fingerprint density at radius 2 is 2.15 bits per heavy atom. The normalized spacial score (nSPS) is 11.8. The molecule has 0 aromatic heterocycles. The summed E-state index contributed by atoms with van der Waals surface area (Å²) in [7, 11) is 0. The van der Waals surface area contributed by atoms with Crippen LogP contribution in [0.5, 0.6) is 5.75 Å². The van der Waals surface area contributed by atoms with Gasteiger partial charge in [-0.1, -0.05) is 23.8 Å². The first-order chi connectivity index (χ1) is 9.35. The van der Waals surface area contributed by atoms with Gasteiger partial charge in [-0.15, -0.1) is 0 Å². The SMILES string of the molecule is C=C(C)CN(CC)C(=O)C(C)Oc1ccc(Cl)c(C)c1. The van der Waals surface area contributed by atoms with E-state index in [1.165, 1.54) is 0 Å². The van der Waals surface area contributed by atoms with Gasteiger partial charge < -0.3 is 9.64 Å². The van der Waals surface area contributed by atoms with Gasteiger partial charge >= 0.3 is 0 Å². The van der Waals surface area contributed by atoms with Crippen LogP contribution < -0.4 is 4.74 Å². The molecule has 3 nitrogen and oxygen atoms in total. The fraction of sp³-hybridized carbons (Fsp3) is 0.438. The number of halogens is 1. The monoisotopic (exact) mass is 295 g/mol. The molecule has 1 aromatic carbocycles. The highest BCUT2D eigenvalue weighted by Gasteiger charge is 2.21. The van der Waals surface area contributed by atoms with E-state index < -0.39 is 6.10 Å². The van der Waals surface area contributed by atoms with E-state index in [2.05, 4.69) is 6.58 Å². The Morgan fingerprint density at radius 1 is 1.50 bits per heavy atom. The van der Waals surface area contributed by atoms with Crippen molar-refractivity contribution in [1.82, 2.24) is 4.90 Å². The van der Waals surface area contributed by atoms with Crippen molar-refractivity contribution < 1.29 is 9.53 Å². The fourth-order valence-corrected chi connectivity index (χ4v) is 1.99. The number of benzene rings is 1. The molecule has 0 radical (unpaired) electrons. The lowest BCUT2D eigenvalue weighted by Gasteiger charge is -2.25. The maximum atomic E-state index is 12.3. The van der Waals surface area contributed by atoms with Gasteiger partial charge in [0.1, 0.15) is 5.75 Å². The predicted molar refractivity (Wildman–Crippen MR) is 83.3 cm³/mol. The average molecular weight is 296 g/mol. The number of nitrogens with zero attached hydrogens (tertiary/aromatic N) is 1. The third-order valence-corrected chi connectivity index (χ3v) is 3.37.